The lowest BCUT2D eigenvalue weighted by Gasteiger charge is -2.35. The standard InChI is InChI=1S/C19H18N4O4S/c1-21(2)13-5-3-12(4-6-13)11-16-17(24)20-19(28)22(18(16)25)14-7-9-15(10-8-14)23(26)27/h3-11,18,25H,1-2H3,(H,20,24,28). The number of nitrogens with one attached hydrogen (secondary N) is 1. The zero-order valence-electron chi connectivity index (χ0n) is 15.2. The van der Waals surface area contributed by atoms with E-state index in [2.05, 4.69) is 5.32 Å². The normalized spacial score (nSPS) is 18.2. The number of aliphatic hydroxyl groups is 1. The van der Waals surface area contributed by atoms with Crippen LogP contribution in [0, 0.1) is 10.1 Å². The summed E-state index contributed by atoms with van der Waals surface area (Å²) in [6, 6.07) is 13.0. The maximum atomic E-state index is 12.4. The molecule has 28 heavy (non-hydrogen) atoms. The van der Waals surface area contributed by atoms with E-state index < -0.39 is 17.1 Å². The molecule has 0 bridgehead atoms. The zero-order valence-corrected chi connectivity index (χ0v) is 16.0. The Labute approximate surface area is 166 Å². The minimum absolute atomic E-state index is 0.0199. The molecule has 2 aromatic carbocycles. The molecule has 144 valence electrons. The lowest BCUT2D eigenvalue weighted by Crippen LogP contribution is -2.56. The molecule has 0 aromatic heterocycles. The molecule has 2 N–H and O–H groups in total. The van der Waals surface area contributed by atoms with Gasteiger partial charge in [0.25, 0.3) is 11.6 Å². The number of nitro groups is 1. The number of carbonyl (C=O) groups is 1. The van der Waals surface area contributed by atoms with Gasteiger partial charge in [0.05, 0.1) is 10.5 Å². The van der Waals surface area contributed by atoms with Crippen LogP contribution in [-0.4, -0.2) is 41.4 Å². The number of non-ortho nitro benzene ring substituents is 1. The summed E-state index contributed by atoms with van der Waals surface area (Å²) < 4.78 is 0. The molecule has 1 fully saturated rings. The number of aliphatic hydroxyl groups excluding tert-OH is 1. The zero-order chi connectivity index (χ0) is 20.4. The summed E-state index contributed by atoms with van der Waals surface area (Å²) in [5.41, 5.74) is 2.21. The highest BCUT2D eigenvalue weighted by Gasteiger charge is 2.34. The third kappa shape index (κ3) is 3.85. The SMILES string of the molecule is CN(C)c1ccc(C=C2C(=O)NC(=S)N(c3ccc([N+](=O)[O-])cc3)C2O)cc1. The Balaban J connectivity index is 1.93. The van der Waals surface area contributed by atoms with E-state index in [0.29, 0.717) is 5.69 Å². The molecule has 9 heteroatoms. The van der Waals surface area contributed by atoms with Crippen molar-refractivity contribution in [2.75, 3.05) is 23.9 Å². The van der Waals surface area contributed by atoms with E-state index in [-0.39, 0.29) is 16.4 Å². The summed E-state index contributed by atoms with van der Waals surface area (Å²) in [7, 11) is 3.85. The van der Waals surface area contributed by atoms with Crippen LogP contribution in [0.2, 0.25) is 0 Å². The Kier molecular flexibility index (Phi) is 5.39. The van der Waals surface area contributed by atoms with Crippen molar-refractivity contribution in [3.05, 3.63) is 69.8 Å². The average molecular weight is 398 g/mol. The van der Waals surface area contributed by atoms with E-state index >= 15 is 0 Å². The van der Waals surface area contributed by atoms with Gasteiger partial charge in [0.2, 0.25) is 0 Å². The van der Waals surface area contributed by atoms with Gasteiger partial charge in [-0.1, -0.05) is 12.1 Å². The molecule has 1 aliphatic heterocycles. The Morgan fingerprint density at radius 2 is 1.79 bits per heavy atom. The van der Waals surface area contributed by atoms with Crippen LogP contribution >= 0.6 is 12.2 Å². The molecular weight excluding hydrogens is 380 g/mol. The van der Waals surface area contributed by atoms with Crippen LogP contribution in [0.5, 0.6) is 0 Å². The van der Waals surface area contributed by atoms with E-state index in [9.17, 15) is 20.0 Å². The second-order valence-electron chi connectivity index (χ2n) is 6.36. The first-order chi connectivity index (χ1) is 13.3. The third-order valence-electron chi connectivity index (χ3n) is 4.29. The predicted molar refractivity (Wildman–Crippen MR) is 111 cm³/mol. The fraction of sp³-hybridized carbons (Fsp3) is 0.158. The molecule has 8 nitrogen and oxygen atoms in total. The number of amides is 1. The summed E-state index contributed by atoms with van der Waals surface area (Å²) in [5.74, 6) is -0.493. The highest BCUT2D eigenvalue weighted by Crippen LogP contribution is 2.27. The number of carbonyl (C=O) groups excluding carboxylic acids is 1. The van der Waals surface area contributed by atoms with E-state index in [1.54, 1.807) is 6.08 Å². The van der Waals surface area contributed by atoms with Crippen molar-refractivity contribution in [3.8, 4) is 0 Å². The van der Waals surface area contributed by atoms with Gasteiger partial charge in [-0.2, -0.15) is 0 Å². The van der Waals surface area contributed by atoms with E-state index in [1.165, 1.54) is 29.2 Å². The fourth-order valence-electron chi connectivity index (χ4n) is 2.78. The van der Waals surface area contributed by atoms with Crippen LogP contribution in [0.1, 0.15) is 5.56 Å². The summed E-state index contributed by atoms with van der Waals surface area (Å²) in [6.07, 6.45) is 0.260. The fourth-order valence-corrected chi connectivity index (χ4v) is 3.08. The van der Waals surface area contributed by atoms with Crippen LogP contribution < -0.4 is 15.1 Å². The number of thiocarbonyl (C=S) groups is 1. The van der Waals surface area contributed by atoms with Crippen LogP contribution in [0.25, 0.3) is 6.08 Å². The summed E-state index contributed by atoms with van der Waals surface area (Å²) in [5, 5.41) is 24.2. The molecule has 0 radical (unpaired) electrons. The van der Waals surface area contributed by atoms with Gasteiger partial charge in [0.15, 0.2) is 11.3 Å². The highest BCUT2D eigenvalue weighted by molar-refractivity contribution is 7.80. The van der Waals surface area contributed by atoms with Gasteiger partial charge in [0, 0.05) is 37.6 Å². The molecule has 1 heterocycles. The molecule has 0 saturated carbocycles. The maximum absolute atomic E-state index is 12.4. The lowest BCUT2D eigenvalue weighted by molar-refractivity contribution is -0.384. The quantitative estimate of drug-likeness (QED) is 0.353. The van der Waals surface area contributed by atoms with Crippen LogP contribution in [0.3, 0.4) is 0 Å². The van der Waals surface area contributed by atoms with Crippen LogP contribution in [0.15, 0.2) is 54.1 Å². The molecule has 1 aliphatic rings. The minimum Gasteiger partial charge on any atom is -0.378 e. The number of nitro benzene ring substituents is 1. The smallest absolute Gasteiger partial charge is 0.269 e. The Morgan fingerprint density at radius 3 is 2.32 bits per heavy atom. The van der Waals surface area contributed by atoms with Gasteiger partial charge in [-0.05, 0) is 48.1 Å². The first-order valence-corrected chi connectivity index (χ1v) is 8.75. The second-order valence-corrected chi connectivity index (χ2v) is 6.75. The first-order valence-electron chi connectivity index (χ1n) is 8.34. The van der Waals surface area contributed by atoms with Crippen molar-refractivity contribution >= 4 is 46.4 Å². The van der Waals surface area contributed by atoms with Crippen molar-refractivity contribution in [2.24, 2.45) is 0 Å². The largest absolute Gasteiger partial charge is 0.378 e. The maximum Gasteiger partial charge on any atom is 0.269 e. The number of benzene rings is 2. The Hall–Kier alpha value is -3.30. The first kappa shape index (κ1) is 19.5. The molecule has 0 spiro atoms. The third-order valence-corrected chi connectivity index (χ3v) is 4.59. The number of rotatable bonds is 4. The minimum atomic E-state index is -1.32. The van der Waals surface area contributed by atoms with Gasteiger partial charge in [-0.3, -0.25) is 25.1 Å². The van der Waals surface area contributed by atoms with Gasteiger partial charge >= 0.3 is 0 Å². The van der Waals surface area contributed by atoms with Crippen molar-refractivity contribution in [1.82, 2.24) is 5.32 Å². The predicted octanol–water partition coefficient (Wildman–Crippen LogP) is 2.28. The van der Waals surface area contributed by atoms with Crippen molar-refractivity contribution in [2.45, 2.75) is 6.23 Å². The lowest BCUT2D eigenvalue weighted by atomic mass is 10.1. The van der Waals surface area contributed by atoms with Crippen molar-refractivity contribution < 1.29 is 14.8 Å². The summed E-state index contributed by atoms with van der Waals surface area (Å²) in [6.45, 7) is 0. The Morgan fingerprint density at radius 1 is 1.18 bits per heavy atom. The van der Waals surface area contributed by atoms with Crippen LogP contribution in [-0.2, 0) is 4.79 Å². The monoisotopic (exact) mass is 398 g/mol. The van der Waals surface area contributed by atoms with Crippen molar-refractivity contribution in [3.63, 3.8) is 0 Å². The highest BCUT2D eigenvalue weighted by atomic mass is 32.1. The number of hydrogen-bond donors (Lipinski definition) is 2. The second kappa shape index (κ2) is 7.75. The summed E-state index contributed by atoms with van der Waals surface area (Å²) in [4.78, 5) is 26.0. The number of nitrogens with zero attached hydrogens (tertiary/aromatic N) is 3. The van der Waals surface area contributed by atoms with Crippen LogP contribution in [0.4, 0.5) is 17.1 Å². The molecular formula is C19H18N4O4S. The molecule has 3 rings (SSSR count). The van der Waals surface area contributed by atoms with Crippen molar-refractivity contribution in [1.29, 1.82) is 0 Å². The average Bonchev–Trinajstić information content (AvgIpc) is 2.65. The van der Waals surface area contributed by atoms with E-state index in [1.807, 2.05) is 43.3 Å². The van der Waals surface area contributed by atoms with Gasteiger partial charge in [0.1, 0.15) is 0 Å². The van der Waals surface area contributed by atoms with Gasteiger partial charge < -0.3 is 10.0 Å². The number of hydrogen-bond acceptors (Lipinski definition) is 6. The number of anilines is 2. The van der Waals surface area contributed by atoms with E-state index in [4.69, 9.17) is 12.2 Å². The molecule has 0 aliphatic carbocycles. The van der Waals surface area contributed by atoms with E-state index in [0.717, 1.165) is 11.3 Å². The molecule has 2 aromatic rings. The van der Waals surface area contributed by atoms with Gasteiger partial charge in [-0.25, -0.2) is 0 Å². The molecule has 1 unspecified atom stereocenters. The van der Waals surface area contributed by atoms with Gasteiger partial charge in [-0.15, -0.1) is 0 Å². The summed E-state index contributed by atoms with van der Waals surface area (Å²) >= 11 is 5.18. The molecule has 1 amide bonds. The molecule has 1 saturated heterocycles. The molecule has 1 atom stereocenters. The Bertz CT molecular complexity index is 955. The topological polar surface area (TPSA) is 99.0 Å².